The predicted octanol–water partition coefficient (Wildman–Crippen LogP) is 3.25. The van der Waals surface area contributed by atoms with Gasteiger partial charge in [0.25, 0.3) is 0 Å². The molecule has 1 aliphatic rings. The first-order valence-electron chi connectivity index (χ1n) is 6.99. The summed E-state index contributed by atoms with van der Waals surface area (Å²) < 4.78 is 7.33. The van der Waals surface area contributed by atoms with Gasteiger partial charge in [-0.05, 0) is 23.8 Å². The molecule has 0 bridgehead atoms. The van der Waals surface area contributed by atoms with Gasteiger partial charge in [0.05, 0.1) is 12.3 Å². The zero-order chi connectivity index (χ0) is 15.1. The Bertz CT molecular complexity index is 798. The van der Waals surface area contributed by atoms with E-state index in [2.05, 4.69) is 15.4 Å². The standard InChI is InChI=1S/C15H14ClN5O/c16-10-5-2-1-4-9(10)11-8-12(13-6-3-7-22-13)21-15(18-11)19-14(17)20-21/h1-7,11-12H,8H2,(H3,17,18,19,20)/t11-,12+/m1/s1. The van der Waals surface area contributed by atoms with E-state index in [1.807, 2.05) is 36.4 Å². The van der Waals surface area contributed by atoms with E-state index in [1.165, 1.54) is 0 Å². The predicted molar refractivity (Wildman–Crippen MR) is 83.7 cm³/mol. The lowest BCUT2D eigenvalue weighted by atomic mass is 9.96. The Morgan fingerprint density at radius 1 is 1.27 bits per heavy atom. The summed E-state index contributed by atoms with van der Waals surface area (Å²) in [5.74, 6) is 1.68. The first-order chi connectivity index (χ1) is 10.7. The van der Waals surface area contributed by atoms with Gasteiger partial charge in [0.2, 0.25) is 11.9 Å². The molecule has 3 N–H and O–H groups in total. The largest absolute Gasteiger partial charge is 0.467 e. The summed E-state index contributed by atoms with van der Waals surface area (Å²) in [4.78, 5) is 4.25. The molecule has 4 rings (SSSR count). The molecule has 2 atom stereocenters. The maximum absolute atomic E-state index is 6.33. The maximum Gasteiger partial charge on any atom is 0.241 e. The molecule has 0 unspecified atom stereocenters. The van der Waals surface area contributed by atoms with Gasteiger partial charge >= 0.3 is 0 Å². The van der Waals surface area contributed by atoms with Crippen molar-refractivity contribution in [3.05, 3.63) is 59.0 Å². The van der Waals surface area contributed by atoms with Crippen LogP contribution >= 0.6 is 11.6 Å². The number of hydrogen-bond acceptors (Lipinski definition) is 5. The Kier molecular flexibility index (Phi) is 3.04. The van der Waals surface area contributed by atoms with E-state index in [0.717, 1.165) is 22.8 Å². The van der Waals surface area contributed by atoms with Crippen LogP contribution in [0.4, 0.5) is 11.9 Å². The van der Waals surface area contributed by atoms with Crippen LogP contribution in [0.1, 0.15) is 29.8 Å². The highest BCUT2D eigenvalue weighted by Crippen LogP contribution is 2.39. The first kappa shape index (κ1) is 13.2. The summed E-state index contributed by atoms with van der Waals surface area (Å²) in [7, 11) is 0. The highest BCUT2D eigenvalue weighted by atomic mass is 35.5. The number of anilines is 2. The molecule has 1 aliphatic heterocycles. The molecule has 0 fully saturated rings. The first-order valence-corrected chi connectivity index (χ1v) is 7.36. The number of nitrogens with two attached hydrogens (primary N) is 1. The summed E-state index contributed by atoms with van der Waals surface area (Å²) >= 11 is 6.33. The van der Waals surface area contributed by atoms with Gasteiger partial charge in [-0.1, -0.05) is 29.8 Å². The van der Waals surface area contributed by atoms with Crippen molar-refractivity contribution in [1.29, 1.82) is 0 Å². The lowest BCUT2D eigenvalue weighted by molar-refractivity contribution is 0.359. The van der Waals surface area contributed by atoms with E-state index in [-0.39, 0.29) is 18.0 Å². The van der Waals surface area contributed by atoms with Crippen LogP contribution in [0.15, 0.2) is 47.1 Å². The highest BCUT2D eigenvalue weighted by molar-refractivity contribution is 6.31. The molecule has 0 spiro atoms. The number of fused-ring (bicyclic) bond motifs is 1. The van der Waals surface area contributed by atoms with Crippen molar-refractivity contribution in [2.75, 3.05) is 11.1 Å². The zero-order valence-electron chi connectivity index (χ0n) is 11.6. The van der Waals surface area contributed by atoms with Crippen molar-refractivity contribution in [3.8, 4) is 0 Å². The minimum absolute atomic E-state index is 0.0138. The van der Waals surface area contributed by atoms with Gasteiger partial charge in [-0.2, -0.15) is 4.98 Å². The van der Waals surface area contributed by atoms with E-state index in [9.17, 15) is 0 Å². The van der Waals surface area contributed by atoms with Gasteiger partial charge in [-0.15, -0.1) is 5.10 Å². The Hall–Kier alpha value is -2.47. The SMILES string of the molecule is Nc1nc2n(n1)[C@H](c1ccco1)C[C@H](c1ccccc1Cl)N2. The summed E-state index contributed by atoms with van der Waals surface area (Å²) in [6.45, 7) is 0. The second kappa shape index (κ2) is 5.06. The molecule has 3 aromatic rings. The van der Waals surface area contributed by atoms with Crippen LogP contribution in [0.3, 0.4) is 0 Å². The number of benzene rings is 1. The molecule has 0 radical (unpaired) electrons. The van der Waals surface area contributed by atoms with E-state index >= 15 is 0 Å². The molecule has 0 amide bonds. The van der Waals surface area contributed by atoms with E-state index in [1.54, 1.807) is 10.9 Å². The van der Waals surface area contributed by atoms with Crippen LogP contribution in [0.25, 0.3) is 0 Å². The van der Waals surface area contributed by atoms with Gasteiger partial charge in [-0.25, -0.2) is 4.68 Å². The number of nitrogens with one attached hydrogen (secondary N) is 1. The fraction of sp³-hybridized carbons (Fsp3) is 0.200. The van der Waals surface area contributed by atoms with Gasteiger partial charge in [0.15, 0.2) is 0 Å². The number of nitrogen functional groups attached to an aromatic ring is 1. The number of nitrogens with zero attached hydrogens (tertiary/aromatic N) is 3. The van der Waals surface area contributed by atoms with Crippen LogP contribution in [-0.2, 0) is 0 Å². The molecule has 112 valence electrons. The second-order valence-electron chi connectivity index (χ2n) is 5.22. The quantitative estimate of drug-likeness (QED) is 0.758. The van der Waals surface area contributed by atoms with E-state index in [4.69, 9.17) is 21.8 Å². The fourth-order valence-corrected chi connectivity index (χ4v) is 3.14. The molecule has 0 saturated heterocycles. The van der Waals surface area contributed by atoms with E-state index < -0.39 is 0 Å². The van der Waals surface area contributed by atoms with Crippen LogP contribution in [0, 0.1) is 0 Å². The molecule has 0 saturated carbocycles. The van der Waals surface area contributed by atoms with Crippen LogP contribution in [0.2, 0.25) is 5.02 Å². The molecule has 22 heavy (non-hydrogen) atoms. The molecule has 2 aromatic heterocycles. The highest BCUT2D eigenvalue weighted by Gasteiger charge is 2.33. The molecular weight excluding hydrogens is 302 g/mol. The van der Waals surface area contributed by atoms with Crippen LogP contribution in [0.5, 0.6) is 0 Å². The van der Waals surface area contributed by atoms with Crippen molar-refractivity contribution in [1.82, 2.24) is 14.8 Å². The third kappa shape index (κ3) is 2.12. The molecular formula is C15H14ClN5O. The molecule has 1 aromatic carbocycles. The minimum atomic E-state index is -0.0719. The number of rotatable bonds is 2. The number of hydrogen-bond donors (Lipinski definition) is 2. The Morgan fingerprint density at radius 2 is 2.14 bits per heavy atom. The van der Waals surface area contributed by atoms with Gasteiger partial charge < -0.3 is 15.5 Å². The third-order valence-electron chi connectivity index (χ3n) is 3.86. The average Bonchev–Trinajstić information content (AvgIpc) is 3.14. The summed E-state index contributed by atoms with van der Waals surface area (Å²) in [5.41, 5.74) is 6.77. The zero-order valence-corrected chi connectivity index (χ0v) is 12.4. The molecule has 0 aliphatic carbocycles. The summed E-state index contributed by atoms with van der Waals surface area (Å²) in [6.07, 6.45) is 2.40. The number of furan rings is 1. The topological polar surface area (TPSA) is 81.9 Å². The van der Waals surface area contributed by atoms with Gasteiger partial charge in [0, 0.05) is 11.4 Å². The normalized spacial score (nSPS) is 20.4. The second-order valence-corrected chi connectivity index (χ2v) is 5.63. The Balaban J connectivity index is 1.78. The Labute approximate surface area is 131 Å². The lowest BCUT2D eigenvalue weighted by Crippen LogP contribution is -2.28. The molecule has 7 heteroatoms. The lowest BCUT2D eigenvalue weighted by Gasteiger charge is -2.30. The monoisotopic (exact) mass is 315 g/mol. The van der Waals surface area contributed by atoms with Crippen molar-refractivity contribution in [2.45, 2.75) is 18.5 Å². The molecule has 3 heterocycles. The van der Waals surface area contributed by atoms with E-state index in [0.29, 0.717) is 5.95 Å². The average molecular weight is 316 g/mol. The van der Waals surface area contributed by atoms with Crippen LogP contribution < -0.4 is 11.1 Å². The van der Waals surface area contributed by atoms with Gasteiger partial charge in [0.1, 0.15) is 11.8 Å². The van der Waals surface area contributed by atoms with Gasteiger partial charge in [-0.3, -0.25) is 0 Å². The number of aromatic nitrogens is 3. The maximum atomic E-state index is 6.33. The Morgan fingerprint density at radius 3 is 2.91 bits per heavy atom. The summed E-state index contributed by atoms with van der Waals surface area (Å²) in [5, 5.41) is 8.34. The fourth-order valence-electron chi connectivity index (χ4n) is 2.87. The van der Waals surface area contributed by atoms with Crippen molar-refractivity contribution < 1.29 is 4.42 Å². The van der Waals surface area contributed by atoms with Crippen molar-refractivity contribution in [3.63, 3.8) is 0 Å². The van der Waals surface area contributed by atoms with Crippen molar-refractivity contribution >= 4 is 23.5 Å². The summed E-state index contributed by atoms with van der Waals surface area (Å²) in [6, 6.07) is 11.5. The minimum Gasteiger partial charge on any atom is -0.467 e. The molecule has 6 nitrogen and oxygen atoms in total. The number of halogens is 1. The van der Waals surface area contributed by atoms with Crippen molar-refractivity contribution in [2.24, 2.45) is 0 Å². The third-order valence-corrected chi connectivity index (χ3v) is 4.20. The smallest absolute Gasteiger partial charge is 0.241 e. The van der Waals surface area contributed by atoms with Crippen LogP contribution in [-0.4, -0.2) is 14.8 Å².